The third-order valence-electron chi connectivity index (χ3n) is 5.53. The highest BCUT2D eigenvalue weighted by atomic mass is 16.2. The Labute approximate surface area is 148 Å². The van der Waals surface area contributed by atoms with E-state index in [2.05, 4.69) is 27.0 Å². The van der Waals surface area contributed by atoms with Crippen molar-refractivity contribution < 1.29 is 4.79 Å². The predicted octanol–water partition coefficient (Wildman–Crippen LogP) is 2.60. The summed E-state index contributed by atoms with van der Waals surface area (Å²) in [5.74, 6) is 0.125. The Hall–Kier alpha value is -2.27. The summed E-state index contributed by atoms with van der Waals surface area (Å²) >= 11 is 0. The summed E-state index contributed by atoms with van der Waals surface area (Å²) in [5.41, 5.74) is 2.26. The van der Waals surface area contributed by atoms with Gasteiger partial charge < -0.3 is 4.90 Å². The summed E-state index contributed by atoms with van der Waals surface area (Å²) in [7, 11) is 0. The van der Waals surface area contributed by atoms with Gasteiger partial charge in [0.15, 0.2) is 0 Å². The molecule has 1 spiro atoms. The van der Waals surface area contributed by atoms with Gasteiger partial charge in [0.1, 0.15) is 0 Å². The van der Waals surface area contributed by atoms with Crippen LogP contribution in [-0.4, -0.2) is 51.9 Å². The molecule has 0 aliphatic carbocycles. The minimum Gasteiger partial charge on any atom is -0.338 e. The van der Waals surface area contributed by atoms with Crippen LogP contribution in [0.1, 0.15) is 35.2 Å². The zero-order valence-electron chi connectivity index (χ0n) is 14.5. The second-order valence-corrected chi connectivity index (χ2v) is 7.39. The number of carbonyl (C=O) groups excluding carboxylic acids is 1. The molecule has 2 aliphatic heterocycles. The average molecular weight is 336 g/mol. The Morgan fingerprint density at radius 1 is 1.04 bits per heavy atom. The molecular formula is C20H24N4O. The Bertz CT molecular complexity index is 721. The number of rotatable bonds is 3. The van der Waals surface area contributed by atoms with Crippen LogP contribution in [0.3, 0.4) is 0 Å². The van der Waals surface area contributed by atoms with E-state index in [1.54, 1.807) is 12.4 Å². The Balaban J connectivity index is 1.42. The molecule has 0 N–H and O–H groups in total. The molecule has 0 radical (unpaired) electrons. The quantitative estimate of drug-likeness (QED) is 0.864. The second kappa shape index (κ2) is 6.92. The zero-order chi connectivity index (χ0) is 17.1. The number of piperidine rings is 1. The van der Waals surface area contributed by atoms with E-state index in [0.29, 0.717) is 5.56 Å². The van der Waals surface area contributed by atoms with Gasteiger partial charge in [-0.05, 0) is 55.6 Å². The van der Waals surface area contributed by atoms with Crippen molar-refractivity contribution in [3.05, 3.63) is 60.2 Å². The Kier molecular flexibility index (Phi) is 4.49. The molecule has 2 aromatic heterocycles. The first-order valence-electron chi connectivity index (χ1n) is 9.05. The molecule has 4 rings (SSSR count). The van der Waals surface area contributed by atoms with Gasteiger partial charge in [0.05, 0.1) is 5.56 Å². The largest absolute Gasteiger partial charge is 0.338 e. The van der Waals surface area contributed by atoms with Gasteiger partial charge in [0.25, 0.3) is 5.91 Å². The smallest absolute Gasteiger partial charge is 0.255 e. The van der Waals surface area contributed by atoms with E-state index in [0.717, 1.165) is 39.1 Å². The maximum Gasteiger partial charge on any atom is 0.255 e. The SMILES string of the molecule is O=C(c1cccnc1)N1CCCC2(CCN(Cc3ccncc3)C2)C1. The van der Waals surface area contributed by atoms with E-state index in [-0.39, 0.29) is 11.3 Å². The maximum atomic E-state index is 12.8. The number of hydrogen-bond donors (Lipinski definition) is 0. The van der Waals surface area contributed by atoms with E-state index in [4.69, 9.17) is 0 Å². The molecule has 130 valence electrons. The summed E-state index contributed by atoms with van der Waals surface area (Å²) in [6.45, 7) is 4.89. The van der Waals surface area contributed by atoms with Crippen LogP contribution in [0.15, 0.2) is 49.1 Å². The highest BCUT2D eigenvalue weighted by molar-refractivity contribution is 5.94. The fourth-order valence-electron chi connectivity index (χ4n) is 4.30. The molecular weight excluding hydrogens is 312 g/mol. The molecule has 2 aliphatic rings. The lowest BCUT2D eigenvalue weighted by Crippen LogP contribution is -2.47. The number of carbonyl (C=O) groups is 1. The van der Waals surface area contributed by atoms with Crippen molar-refractivity contribution in [3.8, 4) is 0 Å². The number of nitrogens with zero attached hydrogens (tertiary/aromatic N) is 4. The van der Waals surface area contributed by atoms with Crippen LogP contribution in [-0.2, 0) is 6.54 Å². The van der Waals surface area contributed by atoms with Gasteiger partial charge in [-0.2, -0.15) is 0 Å². The van der Waals surface area contributed by atoms with Crippen molar-refractivity contribution in [1.82, 2.24) is 19.8 Å². The van der Waals surface area contributed by atoms with Gasteiger partial charge in [0.2, 0.25) is 0 Å². The standard InChI is InChI=1S/C20H24N4O/c25-19(18-3-1-8-22-13-18)24-11-2-6-20(16-24)7-12-23(15-20)14-17-4-9-21-10-5-17/h1,3-5,8-10,13H,2,6-7,11-12,14-16H2. The fourth-order valence-corrected chi connectivity index (χ4v) is 4.30. The third-order valence-corrected chi connectivity index (χ3v) is 5.53. The van der Waals surface area contributed by atoms with Crippen LogP contribution >= 0.6 is 0 Å². The maximum absolute atomic E-state index is 12.8. The monoisotopic (exact) mass is 336 g/mol. The molecule has 0 saturated carbocycles. The van der Waals surface area contributed by atoms with Crippen molar-refractivity contribution in [2.24, 2.45) is 5.41 Å². The van der Waals surface area contributed by atoms with Gasteiger partial charge in [-0.1, -0.05) is 0 Å². The number of aromatic nitrogens is 2. The van der Waals surface area contributed by atoms with E-state index in [9.17, 15) is 4.79 Å². The van der Waals surface area contributed by atoms with Gasteiger partial charge in [0, 0.05) is 56.4 Å². The summed E-state index contributed by atoms with van der Waals surface area (Å²) in [6.07, 6.45) is 10.6. The number of likely N-dealkylation sites (tertiary alicyclic amines) is 2. The molecule has 0 bridgehead atoms. The highest BCUT2D eigenvalue weighted by Crippen LogP contribution is 2.39. The van der Waals surface area contributed by atoms with Crippen molar-refractivity contribution in [2.75, 3.05) is 26.2 Å². The lowest BCUT2D eigenvalue weighted by atomic mass is 9.79. The van der Waals surface area contributed by atoms with Crippen LogP contribution in [0.2, 0.25) is 0 Å². The average Bonchev–Trinajstić information content (AvgIpc) is 3.04. The first-order chi connectivity index (χ1) is 12.2. The zero-order valence-corrected chi connectivity index (χ0v) is 14.5. The molecule has 0 aromatic carbocycles. The van der Waals surface area contributed by atoms with E-state index >= 15 is 0 Å². The van der Waals surface area contributed by atoms with Gasteiger partial charge in [-0.3, -0.25) is 19.7 Å². The van der Waals surface area contributed by atoms with Crippen molar-refractivity contribution in [3.63, 3.8) is 0 Å². The summed E-state index contributed by atoms with van der Waals surface area (Å²) < 4.78 is 0. The molecule has 2 saturated heterocycles. The van der Waals surface area contributed by atoms with Crippen molar-refractivity contribution in [1.29, 1.82) is 0 Å². The van der Waals surface area contributed by atoms with Crippen molar-refractivity contribution >= 4 is 5.91 Å². The highest BCUT2D eigenvalue weighted by Gasteiger charge is 2.42. The van der Waals surface area contributed by atoms with E-state index < -0.39 is 0 Å². The Morgan fingerprint density at radius 2 is 1.92 bits per heavy atom. The number of pyridine rings is 2. The van der Waals surface area contributed by atoms with E-state index in [1.165, 1.54) is 18.4 Å². The van der Waals surface area contributed by atoms with Gasteiger partial charge >= 0.3 is 0 Å². The van der Waals surface area contributed by atoms with Gasteiger partial charge in [-0.25, -0.2) is 0 Å². The topological polar surface area (TPSA) is 49.3 Å². The molecule has 4 heterocycles. The molecule has 5 nitrogen and oxygen atoms in total. The molecule has 1 amide bonds. The van der Waals surface area contributed by atoms with Crippen LogP contribution in [0.25, 0.3) is 0 Å². The minimum atomic E-state index is 0.125. The third kappa shape index (κ3) is 3.56. The van der Waals surface area contributed by atoms with Crippen LogP contribution in [0, 0.1) is 5.41 Å². The summed E-state index contributed by atoms with van der Waals surface area (Å²) in [6, 6.07) is 7.87. The molecule has 25 heavy (non-hydrogen) atoms. The minimum absolute atomic E-state index is 0.125. The molecule has 2 aromatic rings. The first-order valence-corrected chi connectivity index (χ1v) is 9.05. The summed E-state index contributed by atoms with van der Waals surface area (Å²) in [5, 5.41) is 0. The molecule has 1 atom stereocenters. The van der Waals surface area contributed by atoms with Crippen LogP contribution < -0.4 is 0 Å². The fraction of sp³-hybridized carbons (Fsp3) is 0.450. The van der Waals surface area contributed by atoms with Crippen LogP contribution in [0.5, 0.6) is 0 Å². The lowest BCUT2D eigenvalue weighted by Gasteiger charge is -2.40. The predicted molar refractivity (Wildman–Crippen MR) is 95.9 cm³/mol. The lowest BCUT2D eigenvalue weighted by molar-refractivity contribution is 0.0526. The molecule has 1 unspecified atom stereocenters. The second-order valence-electron chi connectivity index (χ2n) is 7.39. The summed E-state index contributed by atoms with van der Waals surface area (Å²) in [4.78, 5) is 25.5. The Morgan fingerprint density at radius 3 is 2.72 bits per heavy atom. The first kappa shape index (κ1) is 16.2. The molecule has 2 fully saturated rings. The normalized spacial score (nSPS) is 23.9. The molecule has 5 heteroatoms. The number of hydrogen-bond acceptors (Lipinski definition) is 4. The number of amides is 1. The van der Waals surface area contributed by atoms with Gasteiger partial charge in [-0.15, -0.1) is 0 Å². The van der Waals surface area contributed by atoms with Crippen LogP contribution in [0.4, 0.5) is 0 Å². The van der Waals surface area contributed by atoms with Crippen molar-refractivity contribution in [2.45, 2.75) is 25.8 Å². The van der Waals surface area contributed by atoms with E-state index in [1.807, 2.05) is 29.4 Å².